The molecule has 6 heteroatoms. The Balaban J connectivity index is 1.69. The first-order chi connectivity index (χ1) is 16.1. The maximum atomic E-state index is 13.3. The Morgan fingerprint density at radius 1 is 1.09 bits per heavy atom. The van der Waals surface area contributed by atoms with Crippen molar-refractivity contribution in [2.45, 2.75) is 65.0 Å². The lowest BCUT2D eigenvalue weighted by molar-refractivity contribution is 0.0950. The molecule has 6 nitrogen and oxygen atoms in total. The van der Waals surface area contributed by atoms with Gasteiger partial charge in [-0.3, -0.25) is 9.59 Å². The van der Waals surface area contributed by atoms with Crippen molar-refractivity contribution in [1.82, 2.24) is 15.6 Å². The molecule has 2 aliphatic rings. The number of hydrogen-bond acceptors (Lipinski definition) is 4. The third-order valence-electron chi connectivity index (χ3n) is 6.89. The summed E-state index contributed by atoms with van der Waals surface area (Å²) in [7, 11) is 0. The van der Waals surface area contributed by atoms with Gasteiger partial charge in [0.05, 0.1) is 0 Å². The zero-order valence-corrected chi connectivity index (χ0v) is 19.9. The normalized spacial score (nSPS) is 20.3. The van der Waals surface area contributed by atoms with Crippen LogP contribution in [0.2, 0.25) is 0 Å². The molecule has 3 heterocycles. The van der Waals surface area contributed by atoms with E-state index in [0.717, 1.165) is 74.2 Å². The molecule has 0 aliphatic carbocycles. The van der Waals surface area contributed by atoms with Gasteiger partial charge in [-0.2, -0.15) is 0 Å². The van der Waals surface area contributed by atoms with Crippen molar-refractivity contribution in [3.63, 3.8) is 0 Å². The summed E-state index contributed by atoms with van der Waals surface area (Å²) in [6, 6.07) is 8.56. The molecule has 33 heavy (non-hydrogen) atoms. The minimum atomic E-state index is -0.120. The van der Waals surface area contributed by atoms with Crippen molar-refractivity contribution >= 4 is 11.6 Å². The zero-order chi connectivity index (χ0) is 23.2. The number of carbonyl (C=O) groups excluding carboxylic acids is 1. The lowest BCUT2D eigenvalue weighted by atomic mass is 9.96. The van der Waals surface area contributed by atoms with E-state index in [1.165, 1.54) is 6.42 Å². The van der Waals surface area contributed by atoms with Crippen LogP contribution in [0.25, 0.3) is 0 Å². The molecule has 3 N–H and O–H groups in total. The first kappa shape index (κ1) is 23.3. The van der Waals surface area contributed by atoms with Crippen molar-refractivity contribution in [3.8, 4) is 0 Å². The number of pyridine rings is 1. The molecule has 176 valence electrons. The maximum Gasteiger partial charge on any atom is 0.253 e. The van der Waals surface area contributed by atoms with Gasteiger partial charge in [0.15, 0.2) is 0 Å². The Bertz CT molecular complexity index is 1060. The maximum absolute atomic E-state index is 13.3. The summed E-state index contributed by atoms with van der Waals surface area (Å²) in [5, 5.41) is 6.54. The molecule has 1 fully saturated rings. The summed E-state index contributed by atoms with van der Waals surface area (Å²) in [6.45, 7) is 7.36. The van der Waals surface area contributed by atoms with Crippen LogP contribution in [0.1, 0.15) is 65.3 Å². The fourth-order valence-corrected chi connectivity index (χ4v) is 5.23. The number of aryl methyl sites for hydroxylation is 2. The third-order valence-corrected chi connectivity index (χ3v) is 6.89. The summed E-state index contributed by atoms with van der Waals surface area (Å²) in [4.78, 5) is 31.3. The summed E-state index contributed by atoms with van der Waals surface area (Å²) >= 11 is 0. The molecule has 0 saturated carbocycles. The van der Waals surface area contributed by atoms with Gasteiger partial charge in [0, 0.05) is 41.6 Å². The van der Waals surface area contributed by atoms with Crippen LogP contribution in [0.4, 0.5) is 5.69 Å². The minimum Gasteiger partial charge on any atom is -0.369 e. The molecule has 1 aromatic carbocycles. The number of hydrogen-bond donors (Lipinski definition) is 3. The van der Waals surface area contributed by atoms with Gasteiger partial charge >= 0.3 is 0 Å². The van der Waals surface area contributed by atoms with Crippen LogP contribution in [0.5, 0.6) is 0 Å². The highest BCUT2D eigenvalue weighted by atomic mass is 16.1. The molecule has 1 unspecified atom stereocenters. The molecule has 2 aromatic rings. The van der Waals surface area contributed by atoms with Crippen LogP contribution >= 0.6 is 0 Å². The number of nitrogens with zero attached hydrogens (tertiary/aromatic N) is 1. The number of rotatable bonds is 3. The number of H-pyrrole nitrogens is 1. The van der Waals surface area contributed by atoms with E-state index in [1.54, 1.807) is 0 Å². The Morgan fingerprint density at radius 3 is 2.82 bits per heavy atom. The number of amides is 1. The van der Waals surface area contributed by atoms with E-state index in [4.69, 9.17) is 0 Å². The summed E-state index contributed by atoms with van der Waals surface area (Å²) in [5.74, 6) is -0.120. The lowest BCUT2D eigenvalue weighted by Gasteiger charge is -2.34. The molecule has 1 amide bonds. The smallest absolute Gasteiger partial charge is 0.253 e. The number of fused-ring (bicyclic) bond motifs is 2. The monoisotopic (exact) mass is 448 g/mol. The molecule has 1 aromatic heterocycles. The summed E-state index contributed by atoms with van der Waals surface area (Å²) < 4.78 is 0. The van der Waals surface area contributed by atoms with Gasteiger partial charge in [0.2, 0.25) is 0 Å². The summed E-state index contributed by atoms with van der Waals surface area (Å²) in [6.07, 6.45) is 10.2. The van der Waals surface area contributed by atoms with Gasteiger partial charge in [0.1, 0.15) is 0 Å². The Labute approximate surface area is 196 Å². The van der Waals surface area contributed by atoms with Crippen molar-refractivity contribution in [3.05, 3.63) is 74.7 Å². The van der Waals surface area contributed by atoms with Gasteiger partial charge in [0.25, 0.3) is 11.5 Å². The van der Waals surface area contributed by atoms with E-state index in [1.807, 2.05) is 25.1 Å². The van der Waals surface area contributed by atoms with Crippen molar-refractivity contribution < 1.29 is 4.79 Å². The molecule has 0 bridgehead atoms. The Kier molecular flexibility index (Phi) is 7.65. The first-order valence-corrected chi connectivity index (χ1v) is 12.3. The Hall–Kier alpha value is -2.86. The van der Waals surface area contributed by atoms with Crippen LogP contribution in [-0.2, 0) is 19.4 Å². The number of carbonyl (C=O) groups is 1. The second-order valence-corrected chi connectivity index (χ2v) is 9.11. The van der Waals surface area contributed by atoms with Crippen molar-refractivity contribution in [2.24, 2.45) is 0 Å². The molecule has 1 saturated heterocycles. The van der Waals surface area contributed by atoms with Crippen molar-refractivity contribution in [2.75, 3.05) is 24.5 Å². The van der Waals surface area contributed by atoms with Crippen LogP contribution in [0.3, 0.4) is 0 Å². The largest absolute Gasteiger partial charge is 0.369 e. The van der Waals surface area contributed by atoms with Gasteiger partial charge in [-0.25, -0.2) is 0 Å². The van der Waals surface area contributed by atoms with Crippen LogP contribution < -0.4 is 21.1 Å². The average molecular weight is 449 g/mol. The molecular formula is C27H36N4O2. The number of nitrogens with one attached hydrogen (secondary N) is 3. The molecule has 4 rings (SSSR count). The van der Waals surface area contributed by atoms with Crippen molar-refractivity contribution in [1.29, 1.82) is 0 Å². The van der Waals surface area contributed by atoms with Gasteiger partial charge < -0.3 is 20.5 Å². The Morgan fingerprint density at radius 2 is 1.97 bits per heavy atom. The lowest BCUT2D eigenvalue weighted by Crippen LogP contribution is -2.37. The van der Waals surface area contributed by atoms with E-state index >= 15 is 0 Å². The number of allylic oxidation sites excluding steroid dienone is 2. The molecular weight excluding hydrogens is 412 g/mol. The van der Waals surface area contributed by atoms with Gasteiger partial charge in [-0.1, -0.05) is 18.2 Å². The van der Waals surface area contributed by atoms with Crippen LogP contribution in [-0.4, -0.2) is 36.6 Å². The molecule has 2 aliphatic heterocycles. The van der Waals surface area contributed by atoms with Crippen LogP contribution in [0, 0.1) is 6.92 Å². The topological polar surface area (TPSA) is 77.2 Å². The number of benzene rings is 1. The number of aromatic nitrogens is 1. The van der Waals surface area contributed by atoms with E-state index in [0.29, 0.717) is 17.2 Å². The third kappa shape index (κ3) is 5.38. The second kappa shape index (κ2) is 10.8. The number of anilines is 1. The summed E-state index contributed by atoms with van der Waals surface area (Å²) in [5.41, 5.74) is 5.34. The van der Waals surface area contributed by atoms with E-state index in [2.05, 4.69) is 45.7 Å². The SMILES string of the molecule is CCN(c1cccc2c1C/C=C\CCc1cc(C)[nH]c(=O)c1CNC2=O)C1CCCNCC1. The van der Waals surface area contributed by atoms with E-state index < -0.39 is 0 Å². The van der Waals surface area contributed by atoms with Gasteiger partial charge in [-0.05, 0) is 94.8 Å². The first-order valence-electron chi connectivity index (χ1n) is 12.3. The molecule has 0 radical (unpaired) electrons. The number of aromatic amines is 1. The highest BCUT2D eigenvalue weighted by molar-refractivity contribution is 5.97. The minimum absolute atomic E-state index is 0.112. The predicted octanol–water partition coefficient (Wildman–Crippen LogP) is 3.63. The fraction of sp³-hybridized carbons (Fsp3) is 0.481. The van der Waals surface area contributed by atoms with Crippen LogP contribution in [0.15, 0.2) is 41.2 Å². The quantitative estimate of drug-likeness (QED) is 0.627. The molecule has 1 atom stereocenters. The molecule has 0 spiro atoms. The fourth-order valence-electron chi connectivity index (χ4n) is 5.23. The highest BCUT2D eigenvalue weighted by Crippen LogP contribution is 2.30. The predicted molar refractivity (Wildman–Crippen MR) is 134 cm³/mol. The van der Waals surface area contributed by atoms with E-state index in [-0.39, 0.29) is 18.0 Å². The zero-order valence-electron chi connectivity index (χ0n) is 19.9. The van der Waals surface area contributed by atoms with Gasteiger partial charge in [-0.15, -0.1) is 0 Å². The highest BCUT2D eigenvalue weighted by Gasteiger charge is 2.24. The standard InChI is InChI=1S/C27H36N4O2/c1-3-31(21-10-8-15-28-16-14-21)25-13-7-12-23-22(25)11-6-4-5-9-20-17-19(2)30-27(33)24(20)18-29-26(23)32/h4,6-7,12-13,17,21,28H,3,5,8-11,14-16,18H2,1-2H3,(H,29,32)(H,30,33)/b6-4-. The van der Waals surface area contributed by atoms with E-state index in [9.17, 15) is 9.59 Å². The average Bonchev–Trinajstić information content (AvgIpc) is 3.08. The second-order valence-electron chi connectivity index (χ2n) is 9.11.